The van der Waals surface area contributed by atoms with E-state index < -0.39 is 0 Å². The first-order chi connectivity index (χ1) is 8.47. The van der Waals surface area contributed by atoms with Crippen LogP contribution in [0.1, 0.15) is 21.6 Å². The highest BCUT2D eigenvalue weighted by molar-refractivity contribution is 6.02. The number of benzene rings is 1. The van der Waals surface area contributed by atoms with Gasteiger partial charge >= 0.3 is 0 Å². The van der Waals surface area contributed by atoms with E-state index in [1.54, 1.807) is 6.07 Å². The van der Waals surface area contributed by atoms with Crippen LogP contribution in [0.4, 0.5) is 0 Å². The van der Waals surface area contributed by atoms with Gasteiger partial charge in [-0.3, -0.25) is 4.79 Å². The second-order valence-corrected chi connectivity index (χ2v) is 4.87. The lowest BCUT2D eigenvalue weighted by molar-refractivity contribution is 0.112. The van der Waals surface area contributed by atoms with E-state index in [1.165, 1.54) is 0 Å². The first-order valence-electron chi connectivity index (χ1n) is 5.87. The summed E-state index contributed by atoms with van der Waals surface area (Å²) in [6.45, 7) is 2.52. The van der Waals surface area contributed by atoms with Gasteiger partial charge in [-0.2, -0.15) is 0 Å². The van der Waals surface area contributed by atoms with Crippen LogP contribution < -0.4 is 0 Å². The Kier molecular flexibility index (Phi) is 3.13. The number of carbonyl (C=O) groups is 1. The molecule has 0 aliphatic rings. The summed E-state index contributed by atoms with van der Waals surface area (Å²) in [7, 11) is 5.81. The summed E-state index contributed by atoms with van der Waals surface area (Å²) in [4.78, 5) is 13.3. The van der Waals surface area contributed by atoms with Crippen LogP contribution in [0.3, 0.4) is 0 Å². The Morgan fingerprint density at radius 1 is 1.39 bits per heavy atom. The average Bonchev–Trinajstić information content (AvgIpc) is 2.56. The van der Waals surface area contributed by atoms with Crippen LogP contribution in [-0.2, 0) is 13.6 Å². The quantitative estimate of drug-likeness (QED) is 0.843. The third kappa shape index (κ3) is 1.78. The van der Waals surface area contributed by atoms with Gasteiger partial charge in [0.1, 0.15) is 5.75 Å². The Morgan fingerprint density at radius 3 is 2.61 bits per heavy atom. The van der Waals surface area contributed by atoms with Crippen molar-refractivity contribution in [1.82, 2.24) is 9.47 Å². The predicted octanol–water partition coefficient (Wildman–Crippen LogP) is 2.07. The van der Waals surface area contributed by atoms with Crippen LogP contribution in [0.25, 0.3) is 10.9 Å². The zero-order chi connectivity index (χ0) is 13.4. The van der Waals surface area contributed by atoms with Crippen molar-refractivity contribution in [3.05, 3.63) is 29.0 Å². The standard InChI is InChI=1S/C14H18N2O2/c1-9-11(8-17)14-10(7-15(2)3)13(18)6-5-12(14)16(9)4/h5-6,8,18H,7H2,1-4H3. The molecule has 0 amide bonds. The van der Waals surface area contributed by atoms with Gasteiger partial charge in [0.05, 0.1) is 0 Å². The molecular weight excluding hydrogens is 228 g/mol. The van der Waals surface area contributed by atoms with E-state index in [0.717, 1.165) is 28.4 Å². The molecule has 2 rings (SSSR count). The van der Waals surface area contributed by atoms with Gasteiger partial charge in [0.15, 0.2) is 6.29 Å². The van der Waals surface area contributed by atoms with Crippen LogP contribution in [-0.4, -0.2) is 35.0 Å². The predicted molar refractivity (Wildman–Crippen MR) is 72.1 cm³/mol. The number of carbonyl (C=O) groups excluding carboxylic acids is 1. The first-order valence-corrected chi connectivity index (χ1v) is 5.87. The van der Waals surface area contributed by atoms with E-state index in [9.17, 15) is 9.90 Å². The molecule has 0 radical (unpaired) electrons. The topological polar surface area (TPSA) is 45.5 Å². The maximum absolute atomic E-state index is 11.3. The summed E-state index contributed by atoms with van der Waals surface area (Å²) in [6, 6.07) is 3.54. The zero-order valence-corrected chi connectivity index (χ0v) is 11.2. The Bertz CT molecular complexity index is 612. The molecule has 0 fully saturated rings. The molecule has 1 aromatic heterocycles. The zero-order valence-electron chi connectivity index (χ0n) is 11.2. The van der Waals surface area contributed by atoms with E-state index >= 15 is 0 Å². The maximum atomic E-state index is 11.3. The van der Waals surface area contributed by atoms with Gasteiger partial charge < -0.3 is 14.6 Å². The third-order valence-electron chi connectivity index (χ3n) is 3.38. The van der Waals surface area contributed by atoms with E-state index in [-0.39, 0.29) is 5.75 Å². The monoisotopic (exact) mass is 246 g/mol. The number of hydrogen-bond donors (Lipinski definition) is 1. The molecule has 0 atom stereocenters. The van der Waals surface area contributed by atoms with Crippen molar-refractivity contribution in [3.8, 4) is 5.75 Å². The van der Waals surface area contributed by atoms with Crippen LogP contribution in [0, 0.1) is 6.92 Å². The summed E-state index contributed by atoms with van der Waals surface area (Å²) in [6.07, 6.45) is 0.871. The smallest absolute Gasteiger partial charge is 0.152 e. The van der Waals surface area contributed by atoms with Gasteiger partial charge in [-0.05, 0) is 33.2 Å². The molecule has 0 spiro atoms. The molecule has 1 N–H and O–H groups in total. The van der Waals surface area contributed by atoms with E-state index in [4.69, 9.17) is 0 Å². The third-order valence-corrected chi connectivity index (χ3v) is 3.38. The number of nitrogens with zero attached hydrogens (tertiary/aromatic N) is 2. The fraction of sp³-hybridized carbons (Fsp3) is 0.357. The molecule has 0 aliphatic carbocycles. The molecular formula is C14H18N2O2. The number of aryl methyl sites for hydroxylation is 1. The minimum Gasteiger partial charge on any atom is -0.508 e. The highest BCUT2D eigenvalue weighted by atomic mass is 16.3. The molecule has 4 nitrogen and oxygen atoms in total. The van der Waals surface area contributed by atoms with Crippen molar-refractivity contribution in [2.45, 2.75) is 13.5 Å². The Balaban J connectivity index is 2.86. The van der Waals surface area contributed by atoms with Gasteiger partial charge in [-0.15, -0.1) is 0 Å². The Morgan fingerprint density at radius 2 is 2.06 bits per heavy atom. The number of aromatic nitrogens is 1. The van der Waals surface area contributed by atoms with Crippen molar-refractivity contribution in [3.63, 3.8) is 0 Å². The number of fused-ring (bicyclic) bond motifs is 1. The fourth-order valence-electron chi connectivity index (χ4n) is 2.37. The second kappa shape index (κ2) is 4.46. The second-order valence-electron chi connectivity index (χ2n) is 4.87. The lowest BCUT2D eigenvalue weighted by atomic mass is 10.0. The summed E-state index contributed by atoms with van der Waals surface area (Å²) in [5.41, 5.74) is 3.37. The molecule has 0 saturated carbocycles. The number of aromatic hydroxyl groups is 1. The molecule has 4 heteroatoms. The molecule has 0 unspecified atom stereocenters. The number of hydrogen-bond acceptors (Lipinski definition) is 3. The summed E-state index contributed by atoms with van der Waals surface area (Å²) in [5.74, 6) is 0.241. The molecule has 1 heterocycles. The van der Waals surface area contributed by atoms with Gasteiger partial charge in [-0.1, -0.05) is 0 Å². The minimum atomic E-state index is 0.241. The van der Waals surface area contributed by atoms with Crippen molar-refractivity contribution in [2.24, 2.45) is 7.05 Å². The molecule has 2 aromatic rings. The average molecular weight is 246 g/mol. The summed E-state index contributed by atoms with van der Waals surface area (Å²) < 4.78 is 1.98. The highest BCUT2D eigenvalue weighted by Crippen LogP contribution is 2.33. The first kappa shape index (κ1) is 12.6. The van der Waals surface area contributed by atoms with Crippen molar-refractivity contribution < 1.29 is 9.90 Å². The molecule has 1 aromatic carbocycles. The number of phenolic OH excluding ortho intramolecular Hbond substituents is 1. The minimum absolute atomic E-state index is 0.241. The van der Waals surface area contributed by atoms with Gasteiger partial charge in [-0.25, -0.2) is 0 Å². The Labute approximate surface area is 106 Å². The maximum Gasteiger partial charge on any atom is 0.152 e. The lowest BCUT2D eigenvalue weighted by Gasteiger charge is -2.13. The number of phenols is 1. The molecule has 96 valence electrons. The highest BCUT2D eigenvalue weighted by Gasteiger charge is 2.17. The SMILES string of the molecule is Cc1c(C=O)c2c(CN(C)C)c(O)ccc2n1C. The normalized spacial score (nSPS) is 11.4. The van der Waals surface area contributed by atoms with Crippen LogP contribution in [0.5, 0.6) is 5.75 Å². The molecule has 0 bridgehead atoms. The number of aldehydes is 1. The van der Waals surface area contributed by atoms with Gasteiger partial charge in [0.2, 0.25) is 0 Å². The number of rotatable bonds is 3. The van der Waals surface area contributed by atoms with E-state index in [2.05, 4.69) is 0 Å². The van der Waals surface area contributed by atoms with Gasteiger partial charge in [0.25, 0.3) is 0 Å². The van der Waals surface area contributed by atoms with Crippen LogP contribution >= 0.6 is 0 Å². The van der Waals surface area contributed by atoms with Crippen molar-refractivity contribution in [2.75, 3.05) is 14.1 Å². The lowest BCUT2D eigenvalue weighted by Crippen LogP contribution is -2.11. The van der Waals surface area contributed by atoms with Crippen LogP contribution in [0.15, 0.2) is 12.1 Å². The van der Waals surface area contributed by atoms with Gasteiger partial charge in [0, 0.05) is 41.3 Å². The Hall–Kier alpha value is -1.81. The summed E-state index contributed by atoms with van der Waals surface area (Å²) in [5, 5.41) is 10.9. The largest absolute Gasteiger partial charge is 0.508 e. The van der Waals surface area contributed by atoms with Crippen molar-refractivity contribution >= 4 is 17.2 Å². The molecule has 0 aliphatic heterocycles. The van der Waals surface area contributed by atoms with E-state index in [0.29, 0.717) is 12.1 Å². The fourth-order valence-corrected chi connectivity index (χ4v) is 2.37. The summed E-state index contributed by atoms with van der Waals surface area (Å²) >= 11 is 0. The molecule has 0 saturated heterocycles. The molecule has 18 heavy (non-hydrogen) atoms. The van der Waals surface area contributed by atoms with Crippen molar-refractivity contribution in [1.29, 1.82) is 0 Å². The van der Waals surface area contributed by atoms with Crippen LogP contribution in [0.2, 0.25) is 0 Å². The van der Waals surface area contributed by atoms with E-state index in [1.807, 2.05) is 43.6 Å².